The van der Waals surface area contributed by atoms with Crippen molar-refractivity contribution in [3.05, 3.63) is 60.2 Å². The number of fused-ring (bicyclic) bond motifs is 1. The maximum absolute atomic E-state index is 12.1. The van der Waals surface area contributed by atoms with Gasteiger partial charge in [-0.15, -0.1) is 0 Å². The zero-order chi connectivity index (χ0) is 20.4. The molecule has 1 saturated heterocycles. The van der Waals surface area contributed by atoms with Gasteiger partial charge in [0.25, 0.3) is 0 Å². The van der Waals surface area contributed by atoms with Crippen LogP contribution in [0.5, 0.6) is 5.75 Å². The number of anilines is 1. The summed E-state index contributed by atoms with van der Waals surface area (Å²) in [6.07, 6.45) is 0. The molecule has 0 radical (unpaired) electrons. The van der Waals surface area contributed by atoms with E-state index in [4.69, 9.17) is 9.73 Å². The third kappa shape index (κ3) is 4.48. The van der Waals surface area contributed by atoms with Gasteiger partial charge in [-0.05, 0) is 31.2 Å². The Labute approximate surface area is 174 Å². The molecule has 0 amide bonds. The zero-order valence-electron chi connectivity index (χ0n) is 16.0. The van der Waals surface area contributed by atoms with Gasteiger partial charge in [-0.25, -0.2) is 8.42 Å². The number of carbonyl (C=O) groups is 1. The van der Waals surface area contributed by atoms with Gasteiger partial charge in [0, 0.05) is 17.0 Å². The number of benzene rings is 2. The van der Waals surface area contributed by atoms with Crippen LogP contribution in [0.4, 0.5) is 5.69 Å². The molecule has 2 aromatic carbocycles. The zero-order valence-corrected chi connectivity index (χ0v) is 17.7. The Morgan fingerprint density at radius 2 is 1.97 bits per heavy atom. The molecule has 2 aromatic rings. The van der Waals surface area contributed by atoms with Gasteiger partial charge in [-0.2, -0.15) is 0 Å². The van der Waals surface area contributed by atoms with Crippen LogP contribution in [0, 0.1) is 0 Å². The average Bonchev–Trinajstić information content (AvgIpc) is 3.17. The van der Waals surface area contributed by atoms with Crippen LogP contribution < -0.4 is 9.64 Å². The maximum atomic E-state index is 12.1. The number of carbonyl (C=O) groups excluding carboxylic acids is 1. The Balaban J connectivity index is 1.51. The second-order valence-electron chi connectivity index (χ2n) is 7.11. The number of ether oxygens (including phenoxy) is 1. The van der Waals surface area contributed by atoms with E-state index in [0.29, 0.717) is 17.9 Å². The first-order valence-corrected chi connectivity index (χ1v) is 12.2. The summed E-state index contributed by atoms with van der Waals surface area (Å²) in [7, 11) is -3.11. The lowest BCUT2D eigenvalue weighted by atomic mass is 10.1. The Morgan fingerprint density at radius 3 is 2.72 bits per heavy atom. The summed E-state index contributed by atoms with van der Waals surface area (Å²) in [6.45, 7) is 2.04. The summed E-state index contributed by atoms with van der Waals surface area (Å²) in [5.74, 6) is 1.63. The number of para-hydroxylation sites is 1. The molecule has 0 spiro atoms. The highest BCUT2D eigenvalue weighted by Crippen LogP contribution is 2.35. The van der Waals surface area contributed by atoms with Gasteiger partial charge in [-0.1, -0.05) is 42.1 Å². The van der Waals surface area contributed by atoms with Crippen molar-refractivity contribution in [2.75, 3.05) is 28.8 Å². The second-order valence-corrected chi connectivity index (χ2v) is 10.3. The summed E-state index contributed by atoms with van der Waals surface area (Å²) < 4.78 is 30.0. The SMILES string of the molecule is CC(=O)c1cccc(N2C(SCCOc3ccccc3)=N[C@@H]3CS(=O)(=O)C[C@@H]32)c1. The minimum absolute atomic E-state index is 0.0240. The van der Waals surface area contributed by atoms with Gasteiger partial charge in [0.05, 0.1) is 30.2 Å². The number of hydrogen-bond acceptors (Lipinski definition) is 7. The van der Waals surface area contributed by atoms with Crippen molar-refractivity contribution in [1.82, 2.24) is 0 Å². The van der Waals surface area contributed by atoms with Crippen LogP contribution in [0.15, 0.2) is 59.6 Å². The van der Waals surface area contributed by atoms with Crippen molar-refractivity contribution in [2.45, 2.75) is 19.0 Å². The molecular formula is C21H22N2O4S2. The molecule has 2 aliphatic heterocycles. The number of Topliss-reactive ketones (excluding diaryl/α,β-unsaturated/α-hetero) is 1. The minimum Gasteiger partial charge on any atom is -0.493 e. The Morgan fingerprint density at radius 1 is 1.17 bits per heavy atom. The minimum atomic E-state index is -3.11. The highest BCUT2D eigenvalue weighted by molar-refractivity contribution is 8.14. The molecule has 0 aromatic heterocycles. The molecule has 152 valence electrons. The van der Waals surface area contributed by atoms with Crippen molar-refractivity contribution < 1.29 is 17.9 Å². The van der Waals surface area contributed by atoms with E-state index >= 15 is 0 Å². The van der Waals surface area contributed by atoms with Gasteiger partial charge >= 0.3 is 0 Å². The fraction of sp³-hybridized carbons (Fsp3) is 0.333. The molecule has 6 nitrogen and oxygen atoms in total. The van der Waals surface area contributed by atoms with Crippen molar-refractivity contribution in [2.24, 2.45) is 4.99 Å². The molecule has 2 heterocycles. The number of ketones is 1. The summed E-state index contributed by atoms with van der Waals surface area (Å²) >= 11 is 1.55. The topological polar surface area (TPSA) is 76.0 Å². The number of amidine groups is 1. The summed E-state index contributed by atoms with van der Waals surface area (Å²) in [5.41, 5.74) is 1.40. The van der Waals surface area contributed by atoms with E-state index < -0.39 is 9.84 Å². The second kappa shape index (κ2) is 8.20. The van der Waals surface area contributed by atoms with Gasteiger partial charge in [0.2, 0.25) is 0 Å². The van der Waals surface area contributed by atoms with Gasteiger partial charge < -0.3 is 9.64 Å². The van der Waals surface area contributed by atoms with Gasteiger partial charge in [0.1, 0.15) is 5.75 Å². The monoisotopic (exact) mass is 430 g/mol. The molecule has 2 atom stereocenters. The van der Waals surface area contributed by atoms with Crippen LogP contribution in [-0.4, -0.2) is 55.3 Å². The van der Waals surface area contributed by atoms with Crippen LogP contribution in [0.1, 0.15) is 17.3 Å². The Kier molecular flexibility index (Phi) is 5.65. The lowest BCUT2D eigenvalue weighted by molar-refractivity contribution is 0.101. The fourth-order valence-corrected chi connectivity index (χ4v) is 6.40. The summed E-state index contributed by atoms with van der Waals surface area (Å²) in [4.78, 5) is 18.5. The highest BCUT2D eigenvalue weighted by atomic mass is 32.2. The number of nitrogens with zero attached hydrogens (tertiary/aromatic N) is 2. The third-order valence-electron chi connectivity index (χ3n) is 4.96. The van der Waals surface area contributed by atoms with E-state index in [0.717, 1.165) is 16.6 Å². The molecule has 1 fully saturated rings. The average molecular weight is 431 g/mol. The van der Waals surface area contributed by atoms with E-state index in [2.05, 4.69) is 0 Å². The summed E-state index contributed by atoms with van der Waals surface area (Å²) in [6, 6.07) is 16.4. The van der Waals surface area contributed by atoms with Crippen molar-refractivity contribution in [1.29, 1.82) is 0 Å². The van der Waals surface area contributed by atoms with Crippen molar-refractivity contribution in [3.63, 3.8) is 0 Å². The summed E-state index contributed by atoms with van der Waals surface area (Å²) in [5, 5.41) is 0.785. The van der Waals surface area contributed by atoms with E-state index in [-0.39, 0.29) is 29.4 Å². The molecule has 29 heavy (non-hydrogen) atoms. The van der Waals surface area contributed by atoms with Crippen LogP contribution >= 0.6 is 11.8 Å². The number of hydrogen-bond donors (Lipinski definition) is 0. The molecule has 0 bridgehead atoms. The van der Waals surface area contributed by atoms with Crippen LogP contribution in [-0.2, 0) is 9.84 Å². The lowest BCUT2D eigenvalue weighted by Gasteiger charge is -2.26. The number of thioether (sulfide) groups is 1. The third-order valence-corrected chi connectivity index (χ3v) is 7.59. The van der Waals surface area contributed by atoms with Crippen LogP contribution in [0.25, 0.3) is 0 Å². The predicted octanol–water partition coefficient (Wildman–Crippen LogP) is 3.04. The molecule has 2 aliphatic rings. The fourth-order valence-electron chi connectivity index (χ4n) is 3.62. The first-order valence-electron chi connectivity index (χ1n) is 9.42. The maximum Gasteiger partial charge on any atom is 0.164 e. The first-order chi connectivity index (χ1) is 13.9. The lowest BCUT2D eigenvalue weighted by Crippen LogP contribution is -2.39. The largest absolute Gasteiger partial charge is 0.493 e. The number of rotatable bonds is 6. The van der Waals surface area contributed by atoms with Crippen molar-refractivity contribution in [3.8, 4) is 5.75 Å². The predicted molar refractivity (Wildman–Crippen MR) is 117 cm³/mol. The van der Waals surface area contributed by atoms with E-state index in [9.17, 15) is 13.2 Å². The van der Waals surface area contributed by atoms with Crippen molar-refractivity contribution >= 4 is 38.2 Å². The smallest absolute Gasteiger partial charge is 0.164 e. The molecule has 0 aliphatic carbocycles. The molecule has 0 unspecified atom stereocenters. The molecule has 8 heteroatoms. The molecule has 4 rings (SSSR count). The first kappa shape index (κ1) is 20.0. The van der Waals surface area contributed by atoms with Gasteiger partial charge in [0.15, 0.2) is 20.8 Å². The van der Waals surface area contributed by atoms with Crippen LogP contribution in [0.2, 0.25) is 0 Å². The van der Waals surface area contributed by atoms with Crippen LogP contribution in [0.3, 0.4) is 0 Å². The standard InChI is InChI=1S/C21H22N2O4S2/c1-15(24)16-6-5-7-17(12-16)23-20-14-29(25,26)13-19(20)22-21(23)28-11-10-27-18-8-3-2-4-9-18/h2-9,12,19-20H,10-11,13-14H2,1H3/t19-,20+/m1/s1. The van der Waals surface area contributed by atoms with E-state index in [1.54, 1.807) is 17.8 Å². The Hall–Kier alpha value is -2.32. The highest BCUT2D eigenvalue weighted by Gasteiger charge is 2.47. The number of sulfone groups is 1. The van der Waals surface area contributed by atoms with E-state index in [1.165, 1.54) is 6.92 Å². The molecule has 0 saturated carbocycles. The number of aliphatic imine (C=N–C) groups is 1. The molecular weight excluding hydrogens is 408 g/mol. The van der Waals surface area contributed by atoms with Gasteiger partial charge in [-0.3, -0.25) is 9.79 Å². The normalized spacial score (nSPS) is 22.2. The molecule has 0 N–H and O–H groups in total. The quantitative estimate of drug-likeness (QED) is 0.518. The van der Waals surface area contributed by atoms with E-state index in [1.807, 2.05) is 53.4 Å². The Bertz CT molecular complexity index is 1040.